The second-order valence-electron chi connectivity index (χ2n) is 0. The van der Waals surface area contributed by atoms with Gasteiger partial charge < -0.3 is 0 Å². The third-order valence-electron chi connectivity index (χ3n) is 0. The van der Waals surface area contributed by atoms with Gasteiger partial charge in [0.25, 0.3) is 0 Å². The van der Waals surface area contributed by atoms with Gasteiger partial charge in [-0.25, -0.2) is 0 Å². The molecule has 6 heavy (non-hydrogen) atoms. The van der Waals surface area contributed by atoms with Crippen LogP contribution in [-0.2, 0) is 67.7 Å². The van der Waals surface area contributed by atoms with E-state index in [1.165, 1.54) is 0 Å². The third kappa shape index (κ3) is 33.1. The largest absolute Gasteiger partial charge is 0.0125 e. The van der Waals surface area contributed by atoms with Gasteiger partial charge >= 0.3 is 0 Å². The van der Waals surface area contributed by atoms with Crippen molar-refractivity contribution in [2.45, 2.75) is 0 Å². The Kier molecular flexibility index (Phi) is 741. The number of hydrogen-bond donors (Lipinski definition) is 0. The van der Waals surface area contributed by atoms with E-state index in [0.717, 1.165) is 0 Å². The van der Waals surface area contributed by atoms with Gasteiger partial charge in [0.05, 0.1) is 0 Å². The molecule has 0 aliphatic carbocycles. The molecule has 0 aromatic carbocycles. The van der Waals surface area contributed by atoms with E-state index in [-0.39, 0.29) is 87.1 Å². The molecule has 0 amide bonds. The van der Waals surface area contributed by atoms with Gasteiger partial charge in [0.15, 0.2) is 0 Å². The average Bonchev–Trinajstić information content (AvgIpc) is 0. The minimum absolute atomic E-state index is 0. The predicted molar refractivity (Wildman–Crippen MR) is 15.7 cm³/mol. The molecule has 0 N–H and O–H groups in total. The molecule has 0 heterocycles. The molecule has 0 atom stereocenters. The molecule has 0 aromatic rings. The van der Waals surface area contributed by atoms with Gasteiger partial charge in [0, 0.05) is 76.1 Å². The van der Waals surface area contributed by atoms with Crippen LogP contribution in [-0.4, -0.2) is 19.4 Å². The molecule has 6 heteroatoms. The van der Waals surface area contributed by atoms with Crippen LogP contribution >= 0.6 is 0 Å². The Hall–Kier alpha value is 2.33. The van der Waals surface area contributed by atoms with Crippen LogP contribution < -0.4 is 0 Å². The van der Waals surface area contributed by atoms with E-state index in [1.807, 2.05) is 0 Å². The van der Waals surface area contributed by atoms with Gasteiger partial charge in [-0.2, -0.15) is 0 Å². The van der Waals surface area contributed by atoms with Crippen LogP contribution in [0.15, 0.2) is 0 Å². The molecule has 0 nitrogen and oxygen atoms in total. The Morgan fingerprint density at radius 1 is 0.667 bits per heavy atom. The summed E-state index contributed by atoms with van der Waals surface area (Å²) in [5.41, 5.74) is 0. The van der Waals surface area contributed by atoms with E-state index in [4.69, 9.17) is 0 Å². The van der Waals surface area contributed by atoms with Gasteiger partial charge in [0.2, 0.25) is 0 Å². The number of hydrogen-bond acceptors (Lipinski definition) is 0. The maximum atomic E-state index is 0. The molecule has 0 aliphatic heterocycles. The molecule has 0 fully saturated rings. The van der Waals surface area contributed by atoms with Crippen molar-refractivity contribution in [1.82, 2.24) is 0 Å². The summed E-state index contributed by atoms with van der Waals surface area (Å²) in [4.78, 5) is 0. The van der Waals surface area contributed by atoms with E-state index in [1.54, 1.807) is 0 Å². The maximum Gasteiger partial charge on any atom is 0 e. The van der Waals surface area contributed by atoms with Gasteiger partial charge in [0.1, 0.15) is 0 Å². The smallest absolute Gasteiger partial charge is 0 e. The molecule has 0 rings (SSSR count). The van der Waals surface area contributed by atoms with E-state index in [9.17, 15) is 0 Å². The standard InChI is InChI=1S/B.2Cr.2Ni.H3Si/h;;;;;1H3. The quantitative estimate of drug-likeness (QED) is 0.463. The predicted octanol–water partition coefficient (Wildman–Crippen LogP) is -1.57. The van der Waals surface area contributed by atoms with E-state index in [2.05, 4.69) is 0 Å². The van der Waals surface area contributed by atoms with Crippen molar-refractivity contribution in [3.05, 3.63) is 0 Å². The first-order valence-corrected chi connectivity index (χ1v) is 0. The summed E-state index contributed by atoms with van der Waals surface area (Å²) < 4.78 is 0. The summed E-state index contributed by atoms with van der Waals surface area (Å²) in [6.07, 6.45) is 0. The van der Waals surface area contributed by atoms with Crippen molar-refractivity contribution in [3.8, 4) is 0 Å². The minimum atomic E-state index is 0. The van der Waals surface area contributed by atoms with Crippen LogP contribution in [0.3, 0.4) is 0 Å². The minimum Gasteiger partial charge on any atom is -0.0125 e. The summed E-state index contributed by atoms with van der Waals surface area (Å²) >= 11 is 0. The van der Waals surface area contributed by atoms with Gasteiger partial charge in [-0.15, -0.1) is 0 Å². The van der Waals surface area contributed by atoms with E-state index in [0.29, 0.717) is 0 Å². The molecular formula is H3BCr2Ni2Si. The van der Waals surface area contributed by atoms with Crippen LogP contribution in [0.2, 0.25) is 0 Å². The van der Waals surface area contributed by atoms with Crippen LogP contribution in [0.4, 0.5) is 0 Å². The zero-order chi connectivity index (χ0) is 0. The maximum absolute atomic E-state index is 0. The van der Waals surface area contributed by atoms with E-state index < -0.39 is 0 Å². The van der Waals surface area contributed by atoms with Crippen LogP contribution in [0.5, 0.6) is 0 Å². The van der Waals surface area contributed by atoms with Crippen LogP contribution in [0.25, 0.3) is 0 Å². The number of rotatable bonds is 0. The summed E-state index contributed by atoms with van der Waals surface area (Å²) in [7, 11) is 0. The molecule has 4 radical (unpaired) electrons. The van der Waals surface area contributed by atoms with Crippen molar-refractivity contribution < 1.29 is 67.7 Å². The Morgan fingerprint density at radius 3 is 0.667 bits per heavy atom. The molecule has 0 bridgehead atoms. The first-order valence-electron chi connectivity index (χ1n) is 0. The molecule has 0 unspecified atom stereocenters. The fraction of sp³-hybridized carbons (Fsp3) is 0. The van der Waals surface area contributed by atoms with Crippen molar-refractivity contribution in [1.29, 1.82) is 0 Å². The van der Waals surface area contributed by atoms with Gasteiger partial charge in [-0.3, -0.25) is 0 Å². The summed E-state index contributed by atoms with van der Waals surface area (Å²) in [6.45, 7) is 0. The fourth-order valence-corrected chi connectivity index (χ4v) is 0. The Morgan fingerprint density at radius 2 is 0.667 bits per heavy atom. The van der Waals surface area contributed by atoms with Crippen LogP contribution in [0.1, 0.15) is 0 Å². The molecule has 0 saturated carbocycles. The monoisotopic (exact) mass is 262 g/mol. The zero-order valence-corrected chi connectivity index (χ0v) is 9.55. The Labute approximate surface area is 86.3 Å². The molecule has 0 saturated heterocycles. The Bertz CT molecular complexity index is 11.5. The second-order valence-corrected chi connectivity index (χ2v) is 0. The van der Waals surface area contributed by atoms with Crippen LogP contribution in [0, 0.1) is 0 Å². The topological polar surface area (TPSA) is 0 Å². The fourth-order valence-electron chi connectivity index (χ4n) is 0. The third-order valence-corrected chi connectivity index (χ3v) is 0. The van der Waals surface area contributed by atoms with Crippen molar-refractivity contribution >= 4 is 19.4 Å². The summed E-state index contributed by atoms with van der Waals surface area (Å²) in [5, 5.41) is 0. The zero-order valence-electron chi connectivity index (χ0n) is 3.03. The van der Waals surface area contributed by atoms with Crippen molar-refractivity contribution in [3.63, 3.8) is 0 Å². The molecule has 0 spiro atoms. The molecule has 0 aliphatic rings. The first kappa shape index (κ1) is 82.3. The summed E-state index contributed by atoms with van der Waals surface area (Å²) in [6, 6.07) is 0. The van der Waals surface area contributed by atoms with Crippen molar-refractivity contribution in [2.24, 2.45) is 0 Å². The summed E-state index contributed by atoms with van der Waals surface area (Å²) in [5.74, 6) is 0. The Balaban J connectivity index is 0. The molecular weight excluding hydrogens is 260 g/mol. The van der Waals surface area contributed by atoms with Crippen molar-refractivity contribution in [2.75, 3.05) is 0 Å². The first-order chi connectivity index (χ1) is 0. The second kappa shape index (κ2) is 54.0. The van der Waals surface area contributed by atoms with Gasteiger partial charge in [-0.05, 0) is 11.0 Å². The molecule has 42 valence electrons. The average molecular weight is 263 g/mol. The van der Waals surface area contributed by atoms with Gasteiger partial charge in [-0.1, -0.05) is 0 Å². The normalized spacial score (nSPS) is 0. The molecule has 0 aromatic heterocycles. The van der Waals surface area contributed by atoms with E-state index >= 15 is 0 Å². The SMILES string of the molecule is [B].[Cr].[Cr].[Ni].[Ni].[SiH3].